The molecule has 0 aliphatic carbocycles. The zero-order valence-corrected chi connectivity index (χ0v) is 12.6. The third kappa shape index (κ3) is 7.38. The summed E-state index contributed by atoms with van der Waals surface area (Å²) in [4.78, 5) is 0. The van der Waals surface area contributed by atoms with E-state index in [0.717, 1.165) is 19.7 Å². The van der Waals surface area contributed by atoms with Gasteiger partial charge in [-0.2, -0.15) is 0 Å². The van der Waals surface area contributed by atoms with E-state index in [0.29, 0.717) is 0 Å². The lowest BCUT2D eigenvalue weighted by Gasteiger charge is -2.23. The molecule has 108 valence electrons. The topological polar surface area (TPSA) is 21.3 Å². The fraction of sp³-hybridized carbons (Fsp3) is 1.00. The average molecular weight is 255 g/mol. The molecule has 1 heterocycles. The Kier molecular flexibility index (Phi) is 8.70. The summed E-state index contributed by atoms with van der Waals surface area (Å²) in [6, 6.07) is 0. The summed E-state index contributed by atoms with van der Waals surface area (Å²) >= 11 is 0. The van der Waals surface area contributed by atoms with Gasteiger partial charge in [-0.15, -0.1) is 0 Å². The van der Waals surface area contributed by atoms with Gasteiger partial charge in [0.25, 0.3) is 0 Å². The quantitative estimate of drug-likeness (QED) is 0.556. The second kappa shape index (κ2) is 9.80. The predicted molar refractivity (Wildman–Crippen MR) is 79.1 cm³/mol. The van der Waals surface area contributed by atoms with E-state index >= 15 is 0 Å². The first-order valence-electron chi connectivity index (χ1n) is 8.11. The molecule has 0 aromatic rings. The molecule has 0 bridgehead atoms. The van der Waals surface area contributed by atoms with E-state index in [-0.39, 0.29) is 5.60 Å². The number of nitrogens with one attached hydrogen (secondary N) is 1. The van der Waals surface area contributed by atoms with Gasteiger partial charge in [-0.3, -0.25) is 0 Å². The number of hydrogen-bond acceptors (Lipinski definition) is 2. The minimum absolute atomic E-state index is 0.125. The molecule has 1 N–H and O–H groups in total. The van der Waals surface area contributed by atoms with Gasteiger partial charge in [-0.05, 0) is 32.7 Å². The van der Waals surface area contributed by atoms with E-state index < -0.39 is 0 Å². The number of ether oxygens (including phenoxy) is 1. The summed E-state index contributed by atoms with van der Waals surface area (Å²) in [6.07, 6.45) is 13.6. The van der Waals surface area contributed by atoms with Crippen LogP contribution in [-0.4, -0.2) is 25.3 Å². The Bertz CT molecular complexity index is 188. The predicted octanol–water partition coefficient (Wildman–Crippen LogP) is 4.29. The van der Waals surface area contributed by atoms with Crippen molar-refractivity contribution in [3.63, 3.8) is 0 Å². The van der Waals surface area contributed by atoms with Gasteiger partial charge >= 0.3 is 0 Å². The van der Waals surface area contributed by atoms with Crippen LogP contribution in [0.4, 0.5) is 0 Å². The van der Waals surface area contributed by atoms with Crippen LogP contribution < -0.4 is 5.32 Å². The fourth-order valence-corrected chi connectivity index (χ4v) is 2.71. The maximum Gasteiger partial charge on any atom is 0.0779 e. The Labute approximate surface area is 114 Å². The van der Waals surface area contributed by atoms with Crippen molar-refractivity contribution in [3.8, 4) is 0 Å². The van der Waals surface area contributed by atoms with Gasteiger partial charge in [-0.1, -0.05) is 51.9 Å². The van der Waals surface area contributed by atoms with Crippen LogP contribution in [0.15, 0.2) is 0 Å². The molecule has 1 unspecified atom stereocenters. The molecule has 18 heavy (non-hydrogen) atoms. The molecule has 0 saturated carbocycles. The third-order valence-electron chi connectivity index (χ3n) is 4.01. The van der Waals surface area contributed by atoms with Crippen molar-refractivity contribution in [3.05, 3.63) is 0 Å². The highest BCUT2D eigenvalue weighted by Crippen LogP contribution is 2.23. The zero-order valence-electron chi connectivity index (χ0n) is 12.6. The molecule has 0 aromatic heterocycles. The second-order valence-electron chi connectivity index (χ2n) is 6.05. The molecule has 0 aromatic carbocycles. The van der Waals surface area contributed by atoms with Crippen LogP contribution in [0.1, 0.15) is 78.1 Å². The van der Waals surface area contributed by atoms with Crippen molar-refractivity contribution in [2.24, 2.45) is 0 Å². The van der Waals surface area contributed by atoms with Gasteiger partial charge < -0.3 is 10.1 Å². The molecule has 1 saturated heterocycles. The SMILES string of the molecule is CCCCCCCCCCNCC1(C)CCCO1. The Morgan fingerprint density at radius 1 is 1.00 bits per heavy atom. The van der Waals surface area contributed by atoms with Crippen molar-refractivity contribution < 1.29 is 4.74 Å². The summed E-state index contributed by atoms with van der Waals surface area (Å²) in [5, 5.41) is 3.55. The number of unbranched alkanes of at least 4 members (excludes halogenated alkanes) is 7. The van der Waals surface area contributed by atoms with E-state index in [9.17, 15) is 0 Å². The van der Waals surface area contributed by atoms with Crippen molar-refractivity contribution >= 4 is 0 Å². The van der Waals surface area contributed by atoms with Gasteiger partial charge in [0, 0.05) is 13.2 Å². The molecule has 0 amide bonds. The zero-order chi connectivity index (χ0) is 13.1. The molecular weight excluding hydrogens is 222 g/mol. The lowest BCUT2D eigenvalue weighted by atomic mass is 10.0. The molecule has 1 atom stereocenters. The first kappa shape index (κ1) is 16.0. The summed E-state index contributed by atoms with van der Waals surface area (Å²) in [5.41, 5.74) is 0.125. The van der Waals surface area contributed by atoms with Gasteiger partial charge in [0.2, 0.25) is 0 Å². The second-order valence-corrected chi connectivity index (χ2v) is 6.05. The van der Waals surface area contributed by atoms with E-state index in [1.165, 1.54) is 64.2 Å². The first-order valence-corrected chi connectivity index (χ1v) is 8.11. The van der Waals surface area contributed by atoms with Crippen LogP contribution in [0.25, 0.3) is 0 Å². The standard InChI is InChI=1S/C16H33NO/c1-3-4-5-6-7-8-9-10-13-17-15-16(2)12-11-14-18-16/h17H,3-15H2,1-2H3. The molecule has 2 heteroatoms. The van der Waals surface area contributed by atoms with Crippen molar-refractivity contribution in [2.45, 2.75) is 83.7 Å². The first-order chi connectivity index (χ1) is 8.77. The number of hydrogen-bond donors (Lipinski definition) is 1. The van der Waals surface area contributed by atoms with Crippen LogP contribution in [0.5, 0.6) is 0 Å². The van der Waals surface area contributed by atoms with Crippen LogP contribution in [0, 0.1) is 0 Å². The van der Waals surface area contributed by atoms with Crippen LogP contribution in [-0.2, 0) is 4.74 Å². The summed E-state index contributed by atoms with van der Waals surface area (Å²) < 4.78 is 5.76. The molecule has 0 radical (unpaired) electrons. The van der Waals surface area contributed by atoms with Crippen molar-refractivity contribution in [2.75, 3.05) is 19.7 Å². The lowest BCUT2D eigenvalue weighted by molar-refractivity contribution is 0.0210. The lowest BCUT2D eigenvalue weighted by Crippen LogP contribution is -2.37. The Morgan fingerprint density at radius 3 is 2.28 bits per heavy atom. The highest BCUT2D eigenvalue weighted by molar-refractivity contribution is 4.82. The minimum Gasteiger partial charge on any atom is -0.374 e. The third-order valence-corrected chi connectivity index (χ3v) is 4.01. The Hall–Kier alpha value is -0.0800. The normalized spacial score (nSPS) is 23.7. The van der Waals surface area contributed by atoms with Gasteiger partial charge in [-0.25, -0.2) is 0 Å². The summed E-state index contributed by atoms with van der Waals surface area (Å²) in [6.45, 7) is 7.66. The summed E-state index contributed by atoms with van der Waals surface area (Å²) in [7, 11) is 0. The molecule has 1 aliphatic rings. The molecule has 1 rings (SSSR count). The maximum absolute atomic E-state index is 5.76. The van der Waals surface area contributed by atoms with Crippen molar-refractivity contribution in [1.82, 2.24) is 5.32 Å². The molecule has 1 aliphatic heterocycles. The van der Waals surface area contributed by atoms with E-state index in [2.05, 4.69) is 19.2 Å². The van der Waals surface area contributed by atoms with E-state index in [1.54, 1.807) is 0 Å². The van der Waals surface area contributed by atoms with Gasteiger partial charge in [0.05, 0.1) is 5.60 Å². The highest BCUT2D eigenvalue weighted by Gasteiger charge is 2.28. The smallest absolute Gasteiger partial charge is 0.0779 e. The number of rotatable bonds is 11. The molecule has 0 spiro atoms. The van der Waals surface area contributed by atoms with Gasteiger partial charge in [0.15, 0.2) is 0 Å². The highest BCUT2D eigenvalue weighted by atomic mass is 16.5. The van der Waals surface area contributed by atoms with Gasteiger partial charge in [0.1, 0.15) is 0 Å². The molecular formula is C16H33NO. The largest absolute Gasteiger partial charge is 0.374 e. The minimum atomic E-state index is 0.125. The Balaban J connectivity index is 1.78. The van der Waals surface area contributed by atoms with Crippen LogP contribution in [0.3, 0.4) is 0 Å². The Morgan fingerprint density at radius 2 is 1.67 bits per heavy atom. The summed E-state index contributed by atoms with van der Waals surface area (Å²) in [5.74, 6) is 0. The van der Waals surface area contributed by atoms with Crippen LogP contribution >= 0.6 is 0 Å². The molecule has 1 fully saturated rings. The monoisotopic (exact) mass is 255 g/mol. The maximum atomic E-state index is 5.76. The average Bonchev–Trinajstić information content (AvgIpc) is 2.79. The fourth-order valence-electron chi connectivity index (χ4n) is 2.71. The van der Waals surface area contributed by atoms with Crippen molar-refractivity contribution in [1.29, 1.82) is 0 Å². The molecule has 2 nitrogen and oxygen atoms in total. The van der Waals surface area contributed by atoms with E-state index in [4.69, 9.17) is 4.74 Å². The van der Waals surface area contributed by atoms with E-state index in [1.807, 2.05) is 0 Å². The van der Waals surface area contributed by atoms with Crippen LogP contribution in [0.2, 0.25) is 0 Å².